The smallest absolute Gasteiger partial charge is 0.435 e. The Kier molecular flexibility index (Phi) is 8.01. The summed E-state index contributed by atoms with van der Waals surface area (Å²) in [5, 5.41) is 8.10. The summed E-state index contributed by atoms with van der Waals surface area (Å²) in [5.41, 5.74) is -4.17. The second-order valence-electron chi connectivity index (χ2n) is 9.31. The SMILES string of the molecule is O=C(Nc1ccc(Oc2ccnc(C(=O)N3CCCC3)c2)cc1)c1nnn(-c2ccc(C(F)(F)F)c(Cl)c2)c1C(F)(F)F. The molecule has 1 aliphatic heterocycles. The number of amides is 2. The van der Waals surface area contributed by atoms with E-state index in [-0.39, 0.29) is 22.0 Å². The molecule has 2 aromatic carbocycles. The summed E-state index contributed by atoms with van der Waals surface area (Å²) in [6.45, 7) is 1.31. The first-order valence-electron chi connectivity index (χ1n) is 12.6. The number of pyridine rings is 1. The van der Waals surface area contributed by atoms with Gasteiger partial charge in [0.15, 0.2) is 11.4 Å². The van der Waals surface area contributed by atoms with Gasteiger partial charge in [-0.15, -0.1) is 5.10 Å². The first-order chi connectivity index (χ1) is 20.3. The van der Waals surface area contributed by atoms with Gasteiger partial charge in [0.1, 0.15) is 17.2 Å². The van der Waals surface area contributed by atoms with Crippen molar-refractivity contribution in [2.24, 2.45) is 0 Å². The maximum absolute atomic E-state index is 14.0. The lowest BCUT2D eigenvalue weighted by atomic mass is 10.2. The van der Waals surface area contributed by atoms with Crippen LogP contribution in [0.1, 0.15) is 45.1 Å². The van der Waals surface area contributed by atoms with E-state index in [0.29, 0.717) is 36.7 Å². The lowest BCUT2D eigenvalue weighted by Crippen LogP contribution is -2.28. The molecule has 0 radical (unpaired) electrons. The van der Waals surface area contributed by atoms with Crippen LogP contribution in [0.4, 0.5) is 32.0 Å². The highest BCUT2D eigenvalue weighted by Crippen LogP contribution is 2.37. The summed E-state index contributed by atoms with van der Waals surface area (Å²) >= 11 is 5.65. The highest BCUT2D eigenvalue weighted by Gasteiger charge is 2.42. The molecule has 2 amide bonds. The van der Waals surface area contributed by atoms with E-state index in [2.05, 4.69) is 20.6 Å². The van der Waals surface area contributed by atoms with Crippen LogP contribution in [-0.4, -0.2) is 49.8 Å². The van der Waals surface area contributed by atoms with Crippen LogP contribution in [0.25, 0.3) is 5.69 Å². The van der Waals surface area contributed by atoms with E-state index in [1.54, 1.807) is 11.0 Å². The number of carbonyl (C=O) groups excluding carboxylic acids is 2. The monoisotopic (exact) mass is 624 g/mol. The Morgan fingerprint density at radius 1 is 0.884 bits per heavy atom. The molecule has 5 rings (SSSR count). The molecule has 0 aliphatic carbocycles. The number of aromatic nitrogens is 4. The van der Waals surface area contributed by atoms with Crippen molar-refractivity contribution < 1.29 is 40.7 Å². The fraction of sp³-hybridized carbons (Fsp3) is 0.222. The summed E-state index contributed by atoms with van der Waals surface area (Å²) in [6.07, 6.45) is -6.71. The molecule has 1 N–H and O–H groups in total. The third-order valence-electron chi connectivity index (χ3n) is 6.35. The number of ether oxygens (including phenoxy) is 1. The Hall–Kier alpha value is -4.66. The van der Waals surface area contributed by atoms with Gasteiger partial charge >= 0.3 is 12.4 Å². The Labute approximate surface area is 244 Å². The third kappa shape index (κ3) is 6.56. The van der Waals surface area contributed by atoms with Crippen LogP contribution in [0, 0.1) is 0 Å². The Bertz CT molecular complexity index is 1670. The molecule has 1 aliphatic rings. The Morgan fingerprint density at radius 2 is 1.58 bits per heavy atom. The number of nitrogens with one attached hydrogen (secondary N) is 1. The van der Waals surface area contributed by atoms with Crippen molar-refractivity contribution >= 4 is 29.1 Å². The summed E-state index contributed by atoms with van der Waals surface area (Å²) in [5.74, 6) is -0.865. The first kappa shape index (κ1) is 29.8. The maximum Gasteiger partial charge on any atom is 0.435 e. The van der Waals surface area contributed by atoms with Crippen molar-refractivity contribution in [3.63, 3.8) is 0 Å². The van der Waals surface area contributed by atoms with Crippen LogP contribution in [0.5, 0.6) is 11.5 Å². The van der Waals surface area contributed by atoms with Crippen molar-refractivity contribution in [3.05, 3.63) is 88.5 Å². The molecule has 0 bridgehead atoms. The largest absolute Gasteiger partial charge is 0.457 e. The minimum Gasteiger partial charge on any atom is -0.457 e. The number of carbonyl (C=O) groups is 2. The molecule has 43 heavy (non-hydrogen) atoms. The molecular weight excluding hydrogens is 606 g/mol. The van der Waals surface area contributed by atoms with E-state index >= 15 is 0 Å². The number of likely N-dealkylation sites (tertiary alicyclic amines) is 1. The van der Waals surface area contributed by atoms with E-state index in [1.165, 1.54) is 36.5 Å². The lowest BCUT2D eigenvalue weighted by molar-refractivity contribution is -0.143. The second kappa shape index (κ2) is 11.6. The van der Waals surface area contributed by atoms with Crippen LogP contribution >= 0.6 is 11.6 Å². The van der Waals surface area contributed by atoms with Crippen molar-refractivity contribution in [1.29, 1.82) is 0 Å². The molecule has 4 aromatic rings. The number of rotatable bonds is 6. The molecule has 2 aromatic heterocycles. The fourth-order valence-electron chi connectivity index (χ4n) is 4.34. The number of anilines is 1. The molecule has 0 unspecified atom stereocenters. The van der Waals surface area contributed by atoms with Crippen LogP contribution in [0.3, 0.4) is 0 Å². The summed E-state index contributed by atoms with van der Waals surface area (Å²) < 4.78 is 87.0. The first-order valence-corrected chi connectivity index (χ1v) is 12.9. The predicted octanol–water partition coefficient (Wildman–Crippen LogP) is 6.63. The highest BCUT2D eigenvalue weighted by molar-refractivity contribution is 6.31. The molecule has 0 atom stereocenters. The standard InChI is InChI=1S/C27H19ClF6N6O3/c28-20-13-16(5-8-19(20)26(29,30)31)40-23(27(32,33)34)22(37-38-40)24(41)36-15-3-6-17(7-4-15)43-18-9-10-35-21(14-18)25(42)39-11-1-2-12-39/h3-10,13-14H,1-2,11-12H2,(H,36,41). The summed E-state index contributed by atoms with van der Waals surface area (Å²) in [7, 11) is 0. The molecular formula is C27H19ClF6N6O3. The number of benzene rings is 2. The van der Waals surface area contributed by atoms with E-state index in [0.717, 1.165) is 18.9 Å². The highest BCUT2D eigenvalue weighted by atomic mass is 35.5. The fourth-order valence-corrected chi connectivity index (χ4v) is 4.62. The number of halogens is 7. The quantitative estimate of drug-likeness (QED) is 0.242. The van der Waals surface area contributed by atoms with Crippen LogP contribution in [0.15, 0.2) is 60.8 Å². The minimum absolute atomic E-state index is 0.0808. The number of hydrogen-bond donors (Lipinski definition) is 1. The van der Waals surface area contributed by atoms with Gasteiger partial charge in [-0.1, -0.05) is 16.8 Å². The van der Waals surface area contributed by atoms with Gasteiger partial charge in [0.25, 0.3) is 11.8 Å². The second-order valence-corrected chi connectivity index (χ2v) is 9.72. The average molecular weight is 625 g/mol. The molecule has 0 saturated carbocycles. The molecule has 1 saturated heterocycles. The van der Waals surface area contributed by atoms with Gasteiger partial charge in [-0.25, -0.2) is 4.68 Å². The zero-order chi connectivity index (χ0) is 30.9. The van der Waals surface area contributed by atoms with Gasteiger partial charge in [-0.2, -0.15) is 26.3 Å². The number of nitrogens with zero attached hydrogens (tertiary/aromatic N) is 5. The molecule has 9 nitrogen and oxygen atoms in total. The van der Waals surface area contributed by atoms with E-state index in [4.69, 9.17) is 16.3 Å². The van der Waals surface area contributed by atoms with Crippen molar-refractivity contribution in [3.8, 4) is 17.2 Å². The zero-order valence-electron chi connectivity index (χ0n) is 21.7. The van der Waals surface area contributed by atoms with Crippen LogP contribution in [0.2, 0.25) is 5.02 Å². The van der Waals surface area contributed by atoms with Crippen molar-refractivity contribution in [2.75, 3.05) is 18.4 Å². The van der Waals surface area contributed by atoms with Crippen molar-refractivity contribution in [2.45, 2.75) is 25.2 Å². The van der Waals surface area contributed by atoms with E-state index in [9.17, 15) is 35.9 Å². The van der Waals surface area contributed by atoms with Crippen LogP contribution < -0.4 is 10.1 Å². The van der Waals surface area contributed by atoms with Crippen molar-refractivity contribution in [1.82, 2.24) is 24.9 Å². The molecule has 0 spiro atoms. The topological polar surface area (TPSA) is 102 Å². The number of hydrogen-bond acceptors (Lipinski definition) is 6. The summed E-state index contributed by atoms with van der Waals surface area (Å²) in [4.78, 5) is 31.2. The van der Waals surface area contributed by atoms with Crippen LogP contribution in [-0.2, 0) is 12.4 Å². The van der Waals surface area contributed by atoms with Gasteiger partial charge in [0.2, 0.25) is 0 Å². The van der Waals surface area contributed by atoms with Gasteiger partial charge in [0, 0.05) is 31.0 Å². The molecule has 3 heterocycles. The molecule has 224 valence electrons. The zero-order valence-corrected chi connectivity index (χ0v) is 22.5. The lowest BCUT2D eigenvalue weighted by Gasteiger charge is -2.15. The van der Waals surface area contributed by atoms with E-state index in [1.807, 2.05) is 0 Å². The van der Waals surface area contributed by atoms with E-state index < -0.39 is 45.9 Å². The maximum atomic E-state index is 14.0. The predicted molar refractivity (Wildman–Crippen MR) is 140 cm³/mol. The average Bonchev–Trinajstić information content (AvgIpc) is 3.64. The normalized spacial score (nSPS) is 13.7. The van der Waals surface area contributed by atoms with Gasteiger partial charge < -0.3 is 15.0 Å². The Balaban J connectivity index is 1.32. The number of alkyl halides is 6. The van der Waals surface area contributed by atoms with Gasteiger partial charge in [-0.05, 0) is 61.4 Å². The minimum atomic E-state index is -5.16. The molecule has 1 fully saturated rings. The van der Waals surface area contributed by atoms with Gasteiger partial charge in [-0.3, -0.25) is 14.6 Å². The summed E-state index contributed by atoms with van der Waals surface area (Å²) in [6, 6.07) is 10.5. The third-order valence-corrected chi connectivity index (χ3v) is 6.66. The Morgan fingerprint density at radius 3 is 2.21 bits per heavy atom. The van der Waals surface area contributed by atoms with Gasteiger partial charge in [0.05, 0.1) is 16.3 Å². The molecule has 16 heteroatoms.